The summed E-state index contributed by atoms with van der Waals surface area (Å²) in [5.41, 5.74) is 4.38. The van der Waals surface area contributed by atoms with Crippen molar-refractivity contribution in [2.75, 3.05) is 59.5 Å². The lowest BCUT2D eigenvalue weighted by Crippen LogP contribution is -2.50. The Hall–Kier alpha value is -3.70. The minimum Gasteiger partial charge on any atom is -0.493 e. The monoisotopic (exact) mass is 776 g/mol. The first kappa shape index (κ1) is 40.0. The Kier molecular flexibility index (Phi) is 15.0. The highest BCUT2D eigenvalue weighted by molar-refractivity contribution is 6.35. The van der Waals surface area contributed by atoms with Gasteiger partial charge in [0.1, 0.15) is 41.7 Å². The molecule has 4 saturated heterocycles. The molecular weight excluding hydrogens is 723 g/mol. The molecule has 0 spiro atoms. The summed E-state index contributed by atoms with van der Waals surface area (Å²) in [4.78, 5) is 0. The second-order valence-electron chi connectivity index (χ2n) is 14.3. The van der Waals surface area contributed by atoms with Gasteiger partial charge >= 0.3 is 0 Å². The smallest absolute Gasteiger partial charge is 0.161 e. The molecule has 0 radical (unpaired) electrons. The van der Waals surface area contributed by atoms with Crippen molar-refractivity contribution < 1.29 is 23.7 Å². The fourth-order valence-electron chi connectivity index (χ4n) is 5.97. The fraction of sp³-hybridized carbons (Fsp3) is 0.442. The van der Waals surface area contributed by atoms with E-state index in [0.717, 1.165) is 75.4 Å². The number of nitrogens with one attached hydrogen (secondary N) is 4. The maximum Gasteiger partial charge on any atom is 0.161 e. The molecule has 0 amide bonds. The van der Waals surface area contributed by atoms with E-state index in [1.807, 2.05) is 24.3 Å². The highest BCUT2D eigenvalue weighted by Gasteiger charge is 2.22. The van der Waals surface area contributed by atoms with Gasteiger partial charge < -0.3 is 45.0 Å². The molecule has 0 bridgehead atoms. The zero-order valence-electron chi connectivity index (χ0n) is 31.5. The third-order valence-corrected chi connectivity index (χ3v) is 10.3. The second kappa shape index (κ2) is 20.3. The van der Waals surface area contributed by atoms with Gasteiger partial charge in [-0.3, -0.25) is 0 Å². The van der Waals surface area contributed by atoms with E-state index in [0.29, 0.717) is 40.0 Å². The lowest BCUT2D eigenvalue weighted by molar-refractivity contribution is 0.137. The Morgan fingerprint density at radius 2 is 1.06 bits per heavy atom. The number of methoxy groups -OCH3 is 1. The molecule has 4 aromatic carbocycles. The van der Waals surface area contributed by atoms with Crippen LogP contribution in [0.4, 0.5) is 0 Å². The fourth-order valence-corrected chi connectivity index (χ4v) is 6.42. The first-order valence-corrected chi connectivity index (χ1v) is 19.9. The topological polar surface area (TPSA) is 94.3 Å². The van der Waals surface area contributed by atoms with Gasteiger partial charge in [-0.1, -0.05) is 67.4 Å². The van der Waals surface area contributed by atoms with Crippen molar-refractivity contribution in [3.8, 4) is 28.7 Å². The van der Waals surface area contributed by atoms with Crippen molar-refractivity contribution in [3.63, 3.8) is 0 Å². The molecular formula is C43H54Cl2N4O5. The molecule has 4 aliphatic heterocycles. The average molecular weight is 778 g/mol. The van der Waals surface area contributed by atoms with Crippen LogP contribution < -0.4 is 45.0 Å². The molecule has 9 rings (SSSR count). The van der Waals surface area contributed by atoms with Crippen LogP contribution in [0.3, 0.4) is 0 Å². The van der Waals surface area contributed by atoms with Gasteiger partial charge in [-0.15, -0.1) is 0 Å². The zero-order chi connectivity index (χ0) is 37.7. The average Bonchev–Trinajstić information content (AvgIpc) is 3.58. The molecule has 9 nitrogen and oxygen atoms in total. The number of aryl methyl sites for hydroxylation is 2. The Morgan fingerprint density at radius 3 is 1.59 bits per heavy atom. The molecule has 4 aromatic rings. The van der Waals surface area contributed by atoms with Crippen LogP contribution in [0.1, 0.15) is 42.9 Å². The molecule has 1 aliphatic carbocycles. The third-order valence-electron chi connectivity index (χ3n) is 9.75. The molecule has 0 saturated carbocycles. The lowest BCUT2D eigenvalue weighted by Gasteiger charge is -2.28. The largest absolute Gasteiger partial charge is 0.493 e. The van der Waals surface area contributed by atoms with E-state index in [4.69, 9.17) is 46.9 Å². The number of halogens is 2. The van der Waals surface area contributed by atoms with E-state index < -0.39 is 0 Å². The predicted octanol–water partition coefficient (Wildman–Crippen LogP) is 7.08. The van der Waals surface area contributed by atoms with E-state index in [-0.39, 0.29) is 6.10 Å². The van der Waals surface area contributed by atoms with Crippen LogP contribution >= 0.6 is 23.2 Å². The van der Waals surface area contributed by atoms with Crippen LogP contribution in [0.5, 0.6) is 28.7 Å². The van der Waals surface area contributed by atoms with Gasteiger partial charge in [0.25, 0.3) is 0 Å². The van der Waals surface area contributed by atoms with E-state index >= 15 is 0 Å². The number of hydrogen-bond donors (Lipinski definition) is 4. The Labute approximate surface area is 330 Å². The van der Waals surface area contributed by atoms with Crippen molar-refractivity contribution in [2.24, 2.45) is 0 Å². The molecule has 5 aliphatic rings. The van der Waals surface area contributed by atoms with E-state index in [2.05, 4.69) is 77.6 Å². The normalized spacial score (nSPS) is 17.6. The number of ether oxygens (including phenoxy) is 5. The predicted molar refractivity (Wildman–Crippen MR) is 218 cm³/mol. The van der Waals surface area contributed by atoms with E-state index in [1.165, 1.54) is 36.0 Å². The van der Waals surface area contributed by atoms with Crippen molar-refractivity contribution in [1.29, 1.82) is 0 Å². The number of fused-ring (bicyclic) bond motifs is 1. The molecule has 4 N–H and O–H groups in total. The molecule has 290 valence electrons. The van der Waals surface area contributed by atoms with Gasteiger partial charge in [0.2, 0.25) is 0 Å². The lowest BCUT2D eigenvalue weighted by atomic mass is 10.0. The summed E-state index contributed by atoms with van der Waals surface area (Å²) in [5, 5.41) is 13.9. The summed E-state index contributed by atoms with van der Waals surface area (Å²) in [6.07, 6.45) is 5.11. The molecule has 0 unspecified atom stereocenters. The summed E-state index contributed by atoms with van der Waals surface area (Å²) < 4.78 is 28.0. The van der Waals surface area contributed by atoms with Gasteiger partial charge in [0.15, 0.2) is 11.5 Å². The standard InChI is InChI=1S/C12H15NO.C12H17NO.C10H13NO2.C9H9Cl2NO/c1-2-9-4-5-11(6-10(9)3-1)14-12-7-13-8-12;1-9(2)10-3-5-11(6-4-10)14-12-7-13-8-12;1-12-9-4-2-3-5-10(9)13-8-6-11-7-8;10-6-1-2-9(8(11)3-6)13-7-4-12-5-7/h4-6,12-13H,1-3,7-8H2;3-6,9,12-13H,7-8H2,1-2H3;2-5,8,11H,6-7H2,1H3;1-3,7,12H,4-5H2. The maximum atomic E-state index is 5.92. The van der Waals surface area contributed by atoms with Crippen LogP contribution in [0.25, 0.3) is 0 Å². The van der Waals surface area contributed by atoms with Gasteiger partial charge in [-0.05, 0) is 96.5 Å². The first-order chi connectivity index (χ1) is 26.3. The number of rotatable bonds is 10. The summed E-state index contributed by atoms with van der Waals surface area (Å²) in [6.45, 7) is 12.0. The summed E-state index contributed by atoms with van der Waals surface area (Å²) in [6, 6.07) is 27.9. The van der Waals surface area contributed by atoms with Gasteiger partial charge in [0, 0.05) is 57.4 Å². The quantitative estimate of drug-likeness (QED) is 0.135. The zero-order valence-corrected chi connectivity index (χ0v) is 33.1. The highest BCUT2D eigenvalue weighted by Crippen LogP contribution is 2.30. The first-order valence-electron chi connectivity index (χ1n) is 19.1. The Bertz CT molecular complexity index is 1740. The Morgan fingerprint density at radius 1 is 0.537 bits per heavy atom. The molecule has 0 atom stereocenters. The molecule has 4 fully saturated rings. The molecule has 4 heterocycles. The van der Waals surface area contributed by atoms with Crippen LogP contribution in [-0.2, 0) is 12.8 Å². The van der Waals surface area contributed by atoms with Gasteiger partial charge in [-0.25, -0.2) is 0 Å². The maximum absolute atomic E-state index is 5.92. The van der Waals surface area contributed by atoms with E-state index in [1.54, 1.807) is 25.3 Å². The van der Waals surface area contributed by atoms with Crippen molar-refractivity contribution >= 4 is 23.2 Å². The van der Waals surface area contributed by atoms with Gasteiger partial charge in [-0.2, -0.15) is 0 Å². The minimum atomic E-state index is 0.249. The van der Waals surface area contributed by atoms with Crippen molar-refractivity contribution in [3.05, 3.63) is 112 Å². The van der Waals surface area contributed by atoms with Gasteiger partial charge in [0.05, 0.1) is 12.1 Å². The summed E-state index contributed by atoms with van der Waals surface area (Å²) in [5.74, 6) is 4.97. The minimum absolute atomic E-state index is 0.249. The van der Waals surface area contributed by atoms with Crippen LogP contribution in [0.15, 0.2) is 84.9 Å². The van der Waals surface area contributed by atoms with Crippen molar-refractivity contribution in [2.45, 2.75) is 63.4 Å². The van der Waals surface area contributed by atoms with E-state index in [9.17, 15) is 0 Å². The second-order valence-corrected chi connectivity index (χ2v) is 15.2. The third kappa shape index (κ3) is 11.9. The SMILES string of the molecule is CC(C)c1ccc(OC2CNC2)cc1.COc1ccccc1OC1CNC1.Clc1ccc(OC2CNC2)c(Cl)c1.c1cc2c(cc1OC1CNC1)CCC2. The highest BCUT2D eigenvalue weighted by atomic mass is 35.5. The summed E-state index contributed by atoms with van der Waals surface area (Å²) >= 11 is 11.7. The number of hydrogen-bond acceptors (Lipinski definition) is 9. The van der Waals surface area contributed by atoms with Crippen molar-refractivity contribution in [1.82, 2.24) is 21.3 Å². The van der Waals surface area contributed by atoms with Crippen LogP contribution in [-0.4, -0.2) is 83.9 Å². The molecule has 11 heteroatoms. The summed E-state index contributed by atoms with van der Waals surface area (Å²) in [7, 11) is 1.65. The number of para-hydroxylation sites is 2. The number of benzene rings is 4. The molecule has 0 aromatic heterocycles. The van der Waals surface area contributed by atoms with Crippen LogP contribution in [0.2, 0.25) is 10.0 Å². The van der Waals surface area contributed by atoms with Crippen LogP contribution in [0, 0.1) is 0 Å². The molecule has 54 heavy (non-hydrogen) atoms. The Balaban J connectivity index is 0.000000123.